The first-order chi connectivity index (χ1) is 15.9. The predicted molar refractivity (Wildman–Crippen MR) is 130 cm³/mol. The van der Waals surface area contributed by atoms with Crippen molar-refractivity contribution in [3.05, 3.63) is 113 Å². The van der Waals surface area contributed by atoms with Gasteiger partial charge in [-0.15, -0.1) is 0 Å². The Morgan fingerprint density at radius 1 is 1.03 bits per heavy atom. The van der Waals surface area contributed by atoms with Gasteiger partial charge in [0.05, 0.1) is 12.5 Å². The largest absolute Gasteiger partial charge is 0.369 e. The molecule has 2 aromatic carbocycles. The lowest BCUT2D eigenvalue weighted by atomic mass is 9.69. The fourth-order valence-corrected chi connectivity index (χ4v) is 5.05. The first-order valence-electron chi connectivity index (χ1n) is 11.2. The number of carbonyl (C=O) groups is 2. The fourth-order valence-electron chi connectivity index (χ4n) is 5.05. The smallest absolute Gasteiger partial charge is 0.258 e. The Labute approximate surface area is 193 Å². The van der Waals surface area contributed by atoms with E-state index in [0.29, 0.717) is 12.1 Å². The number of para-hydroxylation sites is 1. The molecule has 5 rings (SSSR count). The zero-order valence-corrected chi connectivity index (χ0v) is 18.9. The minimum absolute atomic E-state index is 0.0307. The number of nitrogens with zero attached hydrogens (tertiary/aromatic N) is 2. The Balaban J connectivity index is 1.53. The van der Waals surface area contributed by atoms with Gasteiger partial charge in [0.25, 0.3) is 5.91 Å². The molecule has 2 amide bonds. The number of primary amides is 1. The van der Waals surface area contributed by atoms with Crippen LogP contribution in [0.1, 0.15) is 39.7 Å². The molecule has 5 nitrogen and oxygen atoms in total. The van der Waals surface area contributed by atoms with Gasteiger partial charge in [-0.2, -0.15) is 0 Å². The standard InChI is InChI=1S/C28H27N3O2/c1-19-16-21(28(2)14-6-5-10-24(28)26(29)32)12-13-23(19)27(33)31-18-22-9-7-15-30(22)17-20-8-3-4-11-25(20)31/h3-16,24H,17-18H2,1-2H3,(H2,29,32). The van der Waals surface area contributed by atoms with Crippen molar-refractivity contribution in [3.63, 3.8) is 0 Å². The van der Waals surface area contributed by atoms with Crippen LogP contribution in [0.3, 0.4) is 0 Å². The number of nitrogens with two attached hydrogens (primary N) is 1. The number of benzene rings is 2. The Kier molecular flexibility index (Phi) is 5.05. The topological polar surface area (TPSA) is 68.3 Å². The minimum atomic E-state index is -0.553. The minimum Gasteiger partial charge on any atom is -0.369 e. The normalized spacial score (nSPS) is 21.3. The third-order valence-corrected chi connectivity index (χ3v) is 7.00. The summed E-state index contributed by atoms with van der Waals surface area (Å²) in [5.74, 6) is -0.828. The Morgan fingerprint density at radius 2 is 1.85 bits per heavy atom. The maximum atomic E-state index is 13.8. The average molecular weight is 438 g/mol. The van der Waals surface area contributed by atoms with Crippen LogP contribution in [0.2, 0.25) is 0 Å². The molecule has 0 bridgehead atoms. The molecule has 2 N–H and O–H groups in total. The van der Waals surface area contributed by atoms with Crippen molar-refractivity contribution in [2.24, 2.45) is 11.7 Å². The molecule has 33 heavy (non-hydrogen) atoms. The summed E-state index contributed by atoms with van der Waals surface area (Å²) in [4.78, 5) is 27.8. The molecule has 166 valence electrons. The van der Waals surface area contributed by atoms with Crippen LogP contribution in [0.25, 0.3) is 0 Å². The second-order valence-electron chi connectivity index (χ2n) is 9.08. The zero-order valence-electron chi connectivity index (χ0n) is 18.9. The molecule has 2 atom stereocenters. The van der Waals surface area contributed by atoms with Crippen molar-refractivity contribution in [3.8, 4) is 0 Å². The highest BCUT2D eigenvalue weighted by Gasteiger charge is 2.37. The molecule has 5 heteroatoms. The van der Waals surface area contributed by atoms with Crippen LogP contribution >= 0.6 is 0 Å². The van der Waals surface area contributed by atoms with E-state index in [4.69, 9.17) is 5.73 Å². The van der Waals surface area contributed by atoms with E-state index in [1.165, 1.54) is 0 Å². The molecule has 1 aliphatic carbocycles. The van der Waals surface area contributed by atoms with Gasteiger partial charge in [-0.05, 0) is 47.9 Å². The number of fused-ring (bicyclic) bond motifs is 2. The first-order valence-corrected chi connectivity index (χ1v) is 11.2. The molecule has 0 radical (unpaired) electrons. The summed E-state index contributed by atoms with van der Waals surface area (Å²) in [7, 11) is 0. The lowest BCUT2D eigenvalue weighted by molar-refractivity contribution is -0.121. The molecule has 0 fully saturated rings. The van der Waals surface area contributed by atoms with E-state index < -0.39 is 11.3 Å². The molecular formula is C28H27N3O2. The van der Waals surface area contributed by atoms with E-state index in [1.807, 2.05) is 85.5 Å². The number of aryl methyl sites for hydroxylation is 1. The van der Waals surface area contributed by atoms with Crippen LogP contribution in [0, 0.1) is 12.8 Å². The second kappa shape index (κ2) is 7.93. The van der Waals surface area contributed by atoms with Gasteiger partial charge in [0.1, 0.15) is 0 Å². The summed E-state index contributed by atoms with van der Waals surface area (Å²) in [6.07, 6.45) is 9.71. The van der Waals surface area contributed by atoms with Crippen LogP contribution in [0.15, 0.2) is 85.1 Å². The average Bonchev–Trinajstić information content (AvgIpc) is 3.17. The Bertz CT molecular complexity index is 1320. The van der Waals surface area contributed by atoms with E-state index in [2.05, 4.69) is 22.9 Å². The highest BCUT2D eigenvalue weighted by atomic mass is 16.2. The van der Waals surface area contributed by atoms with Crippen molar-refractivity contribution in [2.45, 2.75) is 32.4 Å². The van der Waals surface area contributed by atoms with Gasteiger partial charge in [0.2, 0.25) is 5.91 Å². The van der Waals surface area contributed by atoms with E-state index in [-0.39, 0.29) is 11.8 Å². The van der Waals surface area contributed by atoms with Gasteiger partial charge in [-0.1, -0.05) is 61.6 Å². The van der Waals surface area contributed by atoms with Crippen molar-refractivity contribution >= 4 is 17.5 Å². The van der Waals surface area contributed by atoms with Gasteiger partial charge < -0.3 is 15.2 Å². The van der Waals surface area contributed by atoms with E-state index >= 15 is 0 Å². The summed E-state index contributed by atoms with van der Waals surface area (Å²) in [6.45, 7) is 5.22. The maximum absolute atomic E-state index is 13.8. The molecule has 1 aliphatic heterocycles. The van der Waals surface area contributed by atoms with Gasteiger partial charge in [-0.3, -0.25) is 9.59 Å². The van der Waals surface area contributed by atoms with E-state index in [0.717, 1.165) is 34.6 Å². The molecule has 2 heterocycles. The molecule has 1 aromatic heterocycles. The van der Waals surface area contributed by atoms with Gasteiger partial charge in [-0.25, -0.2) is 0 Å². The van der Waals surface area contributed by atoms with Crippen molar-refractivity contribution in [1.29, 1.82) is 0 Å². The monoisotopic (exact) mass is 437 g/mol. The van der Waals surface area contributed by atoms with Crippen LogP contribution in [0.4, 0.5) is 5.69 Å². The molecule has 0 spiro atoms. The lowest BCUT2D eigenvalue weighted by Gasteiger charge is -2.34. The number of amides is 2. The van der Waals surface area contributed by atoms with Crippen LogP contribution in [0.5, 0.6) is 0 Å². The predicted octanol–water partition coefficient (Wildman–Crippen LogP) is 4.49. The second-order valence-corrected chi connectivity index (χ2v) is 9.08. The fraction of sp³-hybridized carbons (Fsp3) is 0.214. The number of allylic oxidation sites excluding steroid dienone is 3. The van der Waals surface area contributed by atoms with Crippen molar-refractivity contribution in [2.75, 3.05) is 4.90 Å². The van der Waals surface area contributed by atoms with Crippen LogP contribution in [-0.2, 0) is 23.3 Å². The number of hydrogen-bond donors (Lipinski definition) is 1. The molecule has 0 saturated carbocycles. The third kappa shape index (κ3) is 3.50. The number of anilines is 1. The molecule has 0 saturated heterocycles. The summed E-state index contributed by atoms with van der Waals surface area (Å²) in [5.41, 5.74) is 10.8. The SMILES string of the molecule is Cc1cc(C2(C)C=CC=CC2C(N)=O)ccc1C(=O)N1Cc2cccn2Cc2ccccc21. The van der Waals surface area contributed by atoms with Gasteiger partial charge in [0, 0.05) is 35.1 Å². The number of rotatable bonds is 3. The number of aromatic nitrogens is 1. The Hall–Kier alpha value is -3.86. The third-order valence-electron chi connectivity index (χ3n) is 7.00. The first kappa shape index (κ1) is 21.0. The van der Waals surface area contributed by atoms with Crippen LogP contribution < -0.4 is 10.6 Å². The summed E-state index contributed by atoms with van der Waals surface area (Å²) >= 11 is 0. The molecule has 2 aliphatic rings. The van der Waals surface area contributed by atoms with E-state index in [9.17, 15) is 9.59 Å². The Morgan fingerprint density at radius 3 is 2.64 bits per heavy atom. The zero-order chi connectivity index (χ0) is 23.2. The molecule has 2 unspecified atom stereocenters. The van der Waals surface area contributed by atoms with Gasteiger partial charge in [0.15, 0.2) is 0 Å². The summed E-state index contributed by atoms with van der Waals surface area (Å²) < 4.78 is 2.19. The molecular weight excluding hydrogens is 410 g/mol. The lowest BCUT2D eigenvalue weighted by Crippen LogP contribution is -2.39. The quantitative estimate of drug-likeness (QED) is 0.656. The summed E-state index contributed by atoms with van der Waals surface area (Å²) in [6, 6.07) is 18.0. The maximum Gasteiger partial charge on any atom is 0.258 e. The number of hydrogen-bond acceptors (Lipinski definition) is 2. The van der Waals surface area contributed by atoms with Crippen molar-refractivity contribution < 1.29 is 9.59 Å². The molecule has 3 aromatic rings. The van der Waals surface area contributed by atoms with E-state index in [1.54, 1.807) is 0 Å². The van der Waals surface area contributed by atoms with Crippen LogP contribution in [-0.4, -0.2) is 16.4 Å². The number of carbonyl (C=O) groups excluding carboxylic acids is 2. The van der Waals surface area contributed by atoms with Gasteiger partial charge >= 0.3 is 0 Å². The highest BCUT2D eigenvalue weighted by Crippen LogP contribution is 2.38. The summed E-state index contributed by atoms with van der Waals surface area (Å²) in [5, 5.41) is 0. The highest BCUT2D eigenvalue weighted by molar-refractivity contribution is 6.07. The van der Waals surface area contributed by atoms with Crippen molar-refractivity contribution in [1.82, 2.24) is 4.57 Å².